The molecule has 1 saturated heterocycles. The second-order valence-electron chi connectivity index (χ2n) is 8.93. The summed E-state index contributed by atoms with van der Waals surface area (Å²) in [7, 11) is 0. The fourth-order valence-electron chi connectivity index (χ4n) is 5.28. The topological polar surface area (TPSA) is 36.7 Å². The standard InChI is InChI=1S/C25H29FN2O2S/c1-16-20(22-8-12-28(17(2)29)14-25(22)31-16)7-11-27-9-5-18(6-10-27)23-15-30-24-13-19(26)3-4-21(23)24/h3-4,13,15,18H,5-12,14H2,1-2H3. The van der Waals surface area contributed by atoms with E-state index in [1.54, 1.807) is 6.92 Å². The zero-order chi connectivity index (χ0) is 21.5. The van der Waals surface area contributed by atoms with Gasteiger partial charge < -0.3 is 14.2 Å². The van der Waals surface area contributed by atoms with Crippen molar-refractivity contribution in [3.05, 3.63) is 56.7 Å². The third kappa shape index (κ3) is 4.03. The number of rotatable bonds is 4. The Morgan fingerprint density at radius 1 is 1.26 bits per heavy atom. The van der Waals surface area contributed by atoms with E-state index in [9.17, 15) is 9.18 Å². The molecular weight excluding hydrogens is 411 g/mol. The average Bonchev–Trinajstić information content (AvgIpc) is 3.31. The molecule has 1 amide bonds. The van der Waals surface area contributed by atoms with E-state index in [1.807, 2.05) is 28.6 Å². The van der Waals surface area contributed by atoms with Crippen molar-refractivity contribution in [3.8, 4) is 0 Å². The van der Waals surface area contributed by atoms with Crippen LogP contribution in [0.15, 0.2) is 28.9 Å². The number of hydrogen-bond donors (Lipinski definition) is 0. The Kier molecular flexibility index (Phi) is 5.61. The molecule has 6 heteroatoms. The number of aryl methyl sites for hydroxylation is 1. The molecule has 0 N–H and O–H groups in total. The third-order valence-electron chi connectivity index (χ3n) is 7.09. The molecule has 2 aliphatic heterocycles. The van der Waals surface area contributed by atoms with Crippen LogP contribution in [0, 0.1) is 12.7 Å². The first-order valence-electron chi connectivity index (χ1n) is 11.2. The fraction of sp³-hybridized carbons (Fsp3) is 0.480. The summed E-state index contributed by atoms with van der Waals surface area (Å²) in [5.74, 6) is 0.413. The molecular formula is C25H29FN2O2S. The molecule has 0 aliphatic carbocycles. The average molecular weight is 441 g/mol. The quantitative estimate of drug-likeness (QED) is 0.555. The largest absolute Gasteiger partial charge is 0.464 e. The number of benzene rings is 1. The number of hydrogen-bond acceptors (Lipinski definition) is 4. The van der Waals surface area contributed by atoms with Gasteiger partial charge in [0.05, 0.1) is 12.8 Å². The summed E-state index contributed by atoms with van der Waals surface area (Å²) in [5.41, 5.74) is 4.91. The van der Waals surface area contributed by atoms with Crippen molar-refractivity contribution in [1.29, 1.82) is 0 Å². The fourth-order valence-corrected chi connectivity index (χ4v) is 6.56. The van der Waals surface area contributed by atoms with Crippen molar-refractivity contribution < 1.29 is 13.6 Å². The Hall–Kier alpha value is -2.18. The van der Waals surface area contributed by atoms with Gasteiger partial charge in [-0.15, -0.1) is 11.3 Å². The van der Waals surface area contributed by atoms with E-state index in [-0.39, 0.29) is 11.7 Å². The summed E-state index contributed by atoms with van der Waals surface area (Å²) in [4.78, 5) is 19.1. The molecule has 0 spiro atoms. The van der Waals surface area contributed by atoms with Crippen molar-refractivity contribution in [1.82, 2.24) is 9.80 Å². The molecule has 5 rings (SSSR count). The molecule has 0 bridgehead atoms. The number of carbonyl (C=O) groups excluding carboxylic acids is 1. The first kappa shape index (κ1) is 20.7. The highest BCUT2D eigenvalue weighted by atomic mass is 32.1. The summed E-state index contributed by atoms with van der Waals surface area (Å²) in [5, 5.41) is 1.06. The molecule has 4 nitrogen and oxygen atoms in total. The lowest BCUT2D eigenvalue weighted by Gasteiger charge is -2.32. The summed E-state index contributed by atoms with van der Waals surface area (Å²) in [6.07, 6.45) is 6.14. The van der Waals surface area contributed by atoms with E-state index >= 15 is 0 Å². The van der Waals surface area contributed by atoms with Gasteiger partial charge in [0.25, 0.3) is 0 Å². The number of piperidine rings is 1. The van der Waals surface area contributed by atoms with E-state index in [1.165, 1.54) is 38.6 Å². The molecule has 31 heavy (non-hydrogen) atoms. The number of fused-ring (bicyclic) bond motifs is 2. The Morgan fingerprint density at radius 2 is 2.06 bits per heavy atom. The monoisotopic (exact) mass is 440 g/mol. The van der Waals surface area contributed by atoms with Gasteiger partial charge >= 0.3 is 0 Å². The van der Waals surface area contributed by atoms with Gasteiger partial charge in [-0.1, -0.05) is 0 Å². The smallest absolute Gasteiger partial charge is 0.219 e. The van der Waals surface area contributed by atoms with Crippen molar-refractivity contribution in [2.75, 3.05) is 26.2 Å². The van der Waals surface area contributed by atoms with Crippen molar-refractivity contribution in [2.24, 2.45) is 0 Å². The molecule has 1 fully saturated rings. The maximum Gasteiger partial charge on any atom is 0.219 e. The maximum absolute atomic E-state index is 13.4. The van der Waals surface area contributed by atoms with Crippen LogP contribution in [0.4, 0.5) is 4.39 Å². The van der Waals surface area contributed by atoms with Crippen LogP contribution in [-0.2, 0) is 24.2 Å². The molecule has 0 atom stereocenters. The Morgan fingerprint density at radius 3 is 2.84 bits per heavy atom. The Balaban J connectivity index is 1.20. The van der Waals surface area contributed by atoms with Gasteiger partial charge in [0, 0.05) is 46.8 Å². The predicted octanol–water partition coefficient (Wildman–Crippen LogP) is 5.27. The summed E-state index contributed by atoms with van der Waals surface area (Å²) >= 11 is 1.88. The SMILES string of the molecule is CC(=O)N1CCc2c(sc(C)c2CCN2CCC(c3coc4cc(F)ccc34)CC2)C1. The summed E-state index contributed by atoms with van der Waals surface area (Å²) in [6, 6.07) is 4.86. The Labute approximate surface area is 186 Å². The highest BCUT2D eigenvalue weighted by Crippen LogP contribution is 2.36. The van der Waals surface area contributed by atoms with E-state index in [0.29, 0.717) is 11.5 Å². The van der Waals surface area contributed by atoms with Crippen molar-refractivity contribution in [3.63, 3.8) is 0 Å². The van der Waals surface area contributed by atoms with Gasteiger partial charge in [-0.3, -0.25) is 4.79 Å². The van der Waals surface area contributed by atoms with Crippen LogP contribution in [0.5, 0.6) is 0 Å². The second kappa shape index (κ2) is 8.40. The molecule has 0 saturated carbocycles. The molecule has 0 radical (unpaired) electrons. The Bertz CT molecular complexity index is 1110. The predicted molar refractivity (Wildman–Crippen MR) is 122 cm³/mol. The number of amides is 1. The minimum Gasteiger partial charge on any atom is -0.464 e. The van der Waals surface area contributed by atoms with Crippen LogP contribution < -0.4 is 0 Å². The van der Waals surface area contributed by atoms with Crippen LogP contribution in [0.3, 0.4) is 0 Å². The van der Waals surface area contributed by atoms with Gasteiger partial charge in [-0.05, 0) is 74.9 Å². The van der Waals surface area contributed by atoms with E-state index < -0.39 is 0 Å². The lowest BCUT2D eigenvalue weighted by atomic mass is 9.89. The number of furan rings is 1. The van der Waals surface area contributed by atoms with Crippen LogP contribution in [0.1, 0.15) is 52.1 Å². The molecule has 2 aliphatic rings. The van der Waals surface area contributed by atoms with Crippen molar-refractivity contribution >= 4 is 28.2 Å². The minimum absolute atomic E-state index is 0.177. The van der Waals surface area contributed by atoms with Crippen LogP contribution >= 0.6 is 11.3 Å². The lowest BCUT2D eigenvalue weighted by molar-refractivity contribution is -0.129. The van der Waals surface area contributed by atoms with E-state index in [4.69, 9.17) is 4.42 Å². The van der Waals surface area contributed by atoms with Crippen LogP contribution in [0.25, 0.3) is 11.0 Å². The third-order valence-corrected chi connectivity index (χ3v) is 8.26. The number of carbonyl (C=O) groups is 1. The molecule has 4 heterocycles. The number of likely N-dealkylation sites (tertiary alicyclic amines) is 1. The van der Waals surface area contributed by atoms with Gasteiger partial charge in [0.15, 0.2) is 0 Å². The van der Waals surface area contributed by atoms with Gasteiger partial charge in [-0.25, -0.2) is 4.39 Å². The zero-order valence-electron chi connectivity index (χ0n) is 18.2. The van der Waals surface area contributed by atoms with Gasteiger partial charge in [-0.2, -0.15) is 0 Å². The van der Waals surface area contributed by atoms with Gasteiger partial charge in [0.2, 0.25) is 5.91 Å². The van der Waals surface area contributed by atoms with E-state index in [0.717, 1.165) is 63.8 Å². The van der Waals surface area contributed by atoms with Gasteiger partial charge in [0.1, 0.15) is 11.4 Å². The zero-order valence-corrected chi connectivity index (χ0v) is 19.1. The number of halogens is 1. The molecule has 0 unspecified atom stereocenters. The first-order valence-corrected chi connectivity index (χ1v) is 12.1. The molecule has 2 aromatic heterocycles. The summed E-state index contributed by atoms with van der Waals surface area (Å²) in [6.45, 7) is 8.79. The van der Waals surface area contributed by atoms with Crippen LogP contribution in [0.2, 0.25) is 0 Å². The summed E-state index contributed by atoms with van der Waals surface area (Å²) < 4.78 is 19.1. The second-order valence-corrected chi connectivity index (χ2v) is 10.2. The highest BCUT2D eigenvalue weighted by molar-refractivity contribution is 7.12. The molecule has 3 aromatic rings. The normalized spacial score (nSPS) is 18.0. The number of thiophene rings is 1. The maximum atomic E-state index is 13.4. The molecule has 164 valence electrons. The lowest BCUT2D eigenvalue weighted by Crippen LogP contribution is -2.35. The van der Waals surface area contributed by atoms with Crippen molar-refractivity contribution in [2.45, 2.75) is 52.0 Å². The minimum atomic E-state index is -0.247. The highest BCUT2D eigenvalue weighted by Gasteiger charge is 2.26. The van der Waals surface area contributed by atoms with Crippen LogP contribution in [-0.4, -0.2) is 41.9 Å². The number of nitrogens with zero attached hydrogens (tertiary/aromatic N) is 2. The molecule has 1 aromatic carbocycles. The first-order chi connectivity index (χ1) is 15.0. The van der Waals surface area contributed by atoms with E-state index in [2.05, 4.69) is 11.8 Å².